The molecule has 8 nitrogen and oxygen atoms in total. The van der Waals surface area contributed by atoms with Gasteiger partial charge in [-0.1, -0.05) is 13.0 Å². The van der Waals surface area contributed by atoms with Crippen molar-refractivity contribution < 1.29 is 45.7 Å². The van der Waals surface area contributed by atoms with Gasteiger partial charge in [0.2, 0.25) is 5.82 Å². The highest BCUT2D eigenvalue weighted by molar-refractivity contribution is 5.97. The van der Waals surface area contributed by atoms with Gasteiger partial charge in [-0.2, -0.15) is 22.3 Å². The Hall–Kier alpha value is -3.48. The summed E-state index contributed by atoms with van der Waals surface area (Å²) in [5.41, 5.74) is 1.44. The number of nitrogens with one attached hydrogen (secondary N) is 1. The van der Waals surface area contributed by atoms with Gasteiger partial charge in [0.05, 0.1) is 12.3 Å². The molecule has 0 radical (unpaired) electrons. The zero-order valence-corrected chi connectivity index (χ0v) is 18.8. The maximum Gasteiger partial charge on any atom is 0.417 e. The largest absolute Gasteiger partial charge is 0.618 e. The number of pyridine rings is 1. The van der Waals surface area contributed by atoms with Crippen LogP contribution in [0.2, 0.25) is 0 Å². The van der Waals surface area contributed by atoms with Crippen molar-refractivity contribution in [2.45, 2.75) is 44.6 Å². The summed E-state index contributed by atoms with van der Waals surface area (Å²) in [7, 11) is 0. The number of nitrogens with zero attached hydrogens (tertiary/aromatic N) is 1. The Morgan fingerprint density at radius 3 is 2.51 bits per heavy atom. The number of anilines is 1. The van der Waals surface area contributed by atoms with Crippen LogP contribution in [0.4, 0.5) is 27.6 Å². The van der Waals surface area contributed by atoms with Crippen LogP contribution in [-0.2, 0) is 9.53 Å². The van der Waals surface area contributed by atoms with E-state index in [1.54, 1.807) is 0 Å². The first-order valence-corrected chi connectivity index (χ1v) is 10.4. The van der Waals surface area contributed by atoms with Crippen molar-refractivity contribution >= 4 is 17.5 Å². The molecule has 1 aromatic carbocycles. The number of carbonyl (C=O) groups is 2. The first-order chi connectivity index (χ1) is 16.2. The lowest BCUT2D eigenvalue weighted by Gasteiger charge is -2.32. The zero-order chi connectivity index (χ0) is 26.3. The third-order valence-electron chi connectivity index (χ3n) is 6.09. The van der Waals surface area contributed by atoms with E-state index in [0.29, 0.717) is 0 Å². The van der Waals surface area contributed by atoms with Crippen molar-refractivity contribution in [1.29, 1.82) is 0 Å². The van der Waals surface area contributed by atoms with Crippen molar-refractivity contribution in [2.24, 2.45) is 11.7 Å². The fraction of sp³-hybridized carbons (Fsp3) is 0.409. The maximum absolute atomic E-state index is 14.5. The number of carbonyl (C=O) groups excluding carboxylic acids is 2. The number of amides is 2. The first-order valence-electron chi connectivity index (χ1n) is 10.4. The molecule has 0 bridgehead atoms. The number of benzene rings is 1. The van der Waals surface area contributed by atoms with Gasteiger partial charge >= 0.3 is 12.1 Å². The summed E-state index contributed by atoms with van der Waals surface area (Å²) in [6.45, 7) is 3.28. The first kappa shape index (κ1) is 26.1. The van der Waals surface area contributed by atoms with Gasteiger partial charge in [0.1, 0.15) is 6.10 Å². The smallest absolute Gasteiger partial charge is 0.417 e. The summed E-state index contributed by atoms with van der Waals surface area (Å²) in [5, 5.41) is 14.0. The monoisotopic (exact) mass is 503 g/mol. The molecule has 1 fully saturated rings. The van der Waals surface area contributed by atoms with Crippen LogP contribution in [0.25, 0.3) is 0 Å². The van der Waals surface area contributed by atoms with E-state index in [4.69, 9.17) is 15.2 Å². The lowest BCUT2D eigenvalue weighted by Crippen LogP contribution is -2.47. The van der Waals surface area contributed by atoms with Gasteiger partial charge in [-0.15, -0.1) is 0 Å². The van der Waals surface area contributed by atoms with E-state index in [1.807, 2.05) is 0 Å². The number of halogens is 5. The van der Waals surface area contributed by atoms with E-state index in [0.717, 1.165) is 37.4 Å². The Balaban J connectivity index is 2.09. The summed E-state index contributed by atoms with van der Waals surface area (Å²) in [5.74, 6) is -8.36. The van der Waals surface area contributed by atoms with Crippen molar-refractivity contribution in [3.8, 4) is 5.75 Å². The molecular formula is C22H22F5N3O5. The molecule has 3 rings (SSSR count). The van der Waals surface area contributed by atoms with Crippen LogP contribution in [0.1, 0.15) is 42.7 Å². The fourth-order valence-electron chi connectivity index (χ4n) is 4.08. The van der Waals surface area contributed by atoms with Crippen molar-refractivity contribution in [3.63, 3.8) is 0 Å². The topological polar surface area (TPSA) is 118 Å². The van der Waals surface area contributed by atoms with E-state index in [-0.39, 0.29) is 22.6 Å². The Kier molecular flexibility index (Phi) is 6.93. The predicted molar refractivity (Wildman–Crippen MR) is 111 cm³/mol. The van der Waals surface area contributed by atoms with Crippen LogP contribution in [0, 0.1) is 22.8 Å². The second-order valence-electron chi connectivity index (χ2n) is 8.15. The minimum atomic E-state index is -4.93. The molecule has 2 aromatic rings. The molecule has 0 aliphatic carbocycles. The Morgan fingerprint density at radius 2 is 1.94 bits per heavy atom. The Morgan fingerprint density at radius 1 is 1.29 bits per heavy atom. The molecule has 1 aliphatic heterocycles. The molecule has 3 N–H and O–H groups in total. The van der Waals surface area contributed by atoms with Crippen LogP contribution in [0.15, 0.2) is 30.5 Å². The highest BCUT2D eigenvalue weighted by atomic mass is 19.4. The highest BCUT2D eigenvalue weighted by Crippen LogP contribution is 2.55. The van der Waals surface area contributed by atoms with E-state index in [1.165, 1.54) is 13.8 Å². The zero-order valence-electron chi connectivity index (χ0n) is 18.8. The Labute approximate surface area is 196 Å². The van der Waals surface area contributed by atoms with E-state index >= 15 is 0 Å². The van der Waals surface area contributed by atoms with Gasteiger partial charge in [-0.3, -0.25) is 9.59 Å². The van der Waals surface area contributed by atoms with Gasteiger partial charge in [0.15, 0.2) is 23.4 Å². The van der Waals surface area contributed by atoms with Crippen molar-refractivity contribution in [2.75, 3.05) is 11.9 Å². The summed E-state index contributed by atoms with van der Waals surface area (Å²) in [6, 6.07) is 3.80. The van der Waals surface area contributed by atoms with E-state index < -0.39 is 64.6 Å². The van der Waals surface area contributed by atoms with Crippen LogP contribution in [0.5, 0.6) is 5.75 Å². The average Bonchev–Trinajstić information content (AvgIpc) is 3.05. The molecule has 0 unspecified atom stereocenters. The average molecular weight is 503 g/mol. The lowest BCUT2D eigenvalue weighted by molar-refractivity contribution is -0.607. The molecule has 1 saturated heterocycles. The molecule has 35 heavy (non-hydrogen) atoms. The lowest BCUT2D eigenvalue weighted by atomic mass is 9.77. The third kappa shape index (κ3) is 4.59. The van der Waals surface area contributed by atoms with Gasteiger partial charge in [-0.05, 0) is 19.9 Å². The molecule has 2 heterocycles. The number of ether oxygens (including phenoxy) is 2. The number of hydrogen-bond acceptors (Lipinski definition) is 5. The maximum atomic E-state index is 14.5. The van der Waals surface area contributed by atoms with Crippen LogP contribution in [0.3, 0.4) is 0 Å². The molecule has 1 aliphatic rings. The van der Waals surface area contributed by atoms with Crippen LogP contribution < -0.4 is 20.5 Å². The summed E-state index contributed by atoms with van der Waals surface area (Å²) >= 11 is 0. The van der Waals surface area contributed by atoms with Crippen molar-refractivity contribution in [1.82, 2.24) is 0 Å². The molecule has 1 aromatic heterocycles. The summed E-state index contributed by atoms with van der Waals surface area (Å²) < 4.78 is 81.1. The van der Waals surface area contributed by atoms with E-state index in [2.05, 4.69) is 5.32 Å². The molecular weight excluding hydrogens is 481 g/mol. The number of hydrogen-bond donors (Lipinski definition) is 2. The number of nitrogens with two attached hydrogens (primary N) is 1. The predicted octanol–water partition coefficient (Wildman–Crippen LogP) is 3.17. The van der Waals surface area contributed by atoms with Gasteiger partial charge in [-0.25, -0.2) is 4.39 Å². The number of aromatic nitrogens is 1. The number of primary amides is 1. The normalized spacial score (nSPS) is 24.3. The molecule has 0 saturated carbocycles. The fourth-order valence-corrected chi connectivity index (χ4v) is 4.08. The second kappa shape index (κ2) is 9.29. The standard InChI is InChI=1S/C22H22F5N3O5/c1-4-34-17-12(5-6-13(23)16(17)24)15-10(2)21(3,22(25,26)27)35-18(15)20(32)29-11-7-8-30(33)14(9-11)19(28)31/h5-10,15,18H,4H2,1-3H3,(H2,28,31)(H,29,32)/t10-,15+,18+,21-/m0/s1. The molecule has 4 atom stereocenters. The molecule has 2 amide bonds. The van der Waals surface area contributed by atoms with Gasteiger partial charge in [0.25, 0.3) is 11.6 Å². The van der Waals surface area contributed by atoms with Crippen molar-refractivity contribution in [3.05, 3.63) is 58.6 Å². The minimum absolute atomic E-state index is 0.123. The highest BCUT2D eigenvalue weighted by Gasteiger charge is 2.66. The van der Waals surface area contributed by atoms with Crippen LogP contribution >= 0.6 is 0 Å². The second-order valence-corrected chi connectivity index (χ2v) is 8.15. The summed E-state index contributed by atoms with van der Waals surface area (Å²) in [6.07, 6.45) is -5.89. The minimum Gasteiger partial charge on any atom is -0.618 e. The molecule has 190 valence electrons. The van der Waals surface area contributed by atoms with Gasteiger partial charge < -0.3 is 25.7 Å². The van der Waals surface area contributed by atoms with Crippen LogP contribution in [-0.4, -0.2) is 36.3 Å². The molecule has 0 spiro atoms. The number of alkyl halides is 3. The Bertz CT molecular complexity index is 1160. The van der Waals surface area contributed by atoms with E-state index in [9.17, 15) is 36.7 Å². The van der Waals surface area contributed by atoms with Gasteiger partial charge in [0, 0.05) is 29.5 Å². The third-order valence-corrected chi connectivity index (χ3v) is 6.09. The summed E-state index contributed by atoms with van der Waals surface area (Å²) in [4.78, 5) is 24.5. The quantitative estimate of drug-likeness (QED) is 0.357. The number of rotatable bonds is 6. The molecule has 13 heteroatoms. The SMILES string of the molecule is CCOc1c([C@@H]2[C@H](C(=O)Nc3cc[n+]([O-])c(C(N)=O)c3)O[C@](C)(C(F)(F)F)[C@H]2C)ccc(F)c1F.